The third-order valence-electron chi connectivity index (χ3n) is 1.77. The molecule has 0 saturated heterocycles. The largest absolute Gasteiger partial charge is 0.366 e. The molecule has 0 aromatic rings. The molecule has 4 heteroatoms. The van der Waals surface area contributed by atoms with Gasteiger partial charge >= 0.3 is 0 Å². The quantitative estimate of drug-likeness (QED) is 0.554. The average Bonchev–Trinajstić information content (AvgIpc) is 2.06. The molecular weight excluding hydrogens is 158 g/mol. The van der Waals surface area contributed by atoms with Gasteiger partial charge in [0.05, 0.1) is 0 Å². The van der Waals surface area contributed by atoms with Crippen LogP contribution in [-0.2, 0) is 14.2 Å². The Hall–Kier alpha value is -0.160. The van der Waals surface area contributed by atoms with Gasteiger partial charge in [-0.3, -0.25) is 4.90 Å². The zero-order valence-electron chi connectivity index (χ0n) is 8.53. The van der Waals surface area contributed by atoms with Gasteiger partial charge in [-0.05, 0) is 14.1 Å². The van der Waals surface area contributed by atoms with Gasteiger partial charge in [0.25, 0.3) is 0 Å². The number of methoxy groups -OCH3 is 3. The first-order chi connectivity index (χ1) is 5.65. The van der Waals surface area contributed by atoms with Crippen molar-refractivity contribution in [2.75, 3.05) is 35.4 Å². The third kappa shape index (κ3) is 4.01. The van der Waals surface area contributed by atoms with Crippen LogP contribution in [0.15, 0.2) is 0 Å². The minimum absolute atomic E-state index is 0.0369. The van der Waals surface area contributed by atoms with Crippen LogP contribution in [0.2, 0.25) is 0 Å². The summed E-state index contributed by atoms with van der Waals surface area (Å²) in [4.78, 5) is 1.98. The number of hydrogen-bond donors (Lipinski definition) is 0. The fourth-order valence-electron chi connectivity index (χ4n) is 0.971. The van der Waals surface area contributed by atoms with Gasteiger partial charge in [0.1, 0.15) is 6.23 Å². The number of rotatable bonds is 6. The molecule has 0 rings (SSSR count). The van der Waals surface area contributed by atoms with Crippen LogP contribution in [0.3, 0.4) is 0 Å². The highest BCUT2D eigenvalue weighted by Gasteiger charge is 2.16. The molecule has 0 unspecified atom stereocenters. The van der Waals surface area contributed by atoms with Crippen molar-refractivity contribution in [3.8, 4) is 0 Å². The molecule has 0 aliphatic heterocycles. The molecule has 0 N–H and O–H groups in total. The SMILES string of the molecule is COC(C[C@@H](OC)N(C)C)OC. The van der Waals surface area contributed by atoms with Gasteiger partial charge < -0.3 is 14.2 Å². The maximum Gasteiger partial charge on any atom is 0.160 e. The lowest BCUT2D eigenvalue weighted by Crippen LogP contribution is -2.34. The first-order valence-electron chi connectivity index (χ1n) is 3.90. The molecule has 0 bridgehead atoms. The summed E-state index contributed by atoms with van der Waals surface area (Å²) < 4.78 is 15.3. The molecule has 0 radical (unpaired) electrons. The van der Waals surface area contributed by atoms with Gasteiger partial charge in [0.15, 0.2) is 6.29 Å². The van der Waals surface area contributed by atoms with Crippen molar-refractivity contribution in [2.24, 2.45) is 0 Å². The van der Waals surface area contributed by atoms with E-state index in [0.29, 0.717) is 6.42 Å². The van der Waals surface area contributed by atoms with E-state index in [-0.39, 0.29) is 12.5 Å². The minimum Gasteiger partial charge on any atom is -0.366 e. The molecular formula is C8H19NO3. The van der Waals surface area contributed by atoms with Gasteiger partial charge in [-0.25, -0.2) is 0 Å². The molecule has 4 nitrogen and oxygen atoms in total. The summed E-state index contributed by atoms with van der Waals surface area (Å²) in [6, 6.07) is 0. The second-order valence-corrected chi connectivity index (χ2v) is 2.79. The van der Waals surface area contributed by atoms with Crippen LogP contribution in [0, 0.1) is 0 Å². The Labute approximate surface area is 74.4 Å². The van der Waals surface area contributed by atoms with Crippen LogP contribution in [0.4, 0.5) is 0 Å². The van der Waals surface area contributed by atoms with Crippen molar-refractivity contribution in [1.82, 2.24) is 4.90 Å². The third-order valence-corrected chi connectivity index (χ3v) is 1.77. The summed E-state index contributed by atoms with van der Waals surface area (Å²) in [6.07, 6.45) is 0.545. The molecule has 0 aromatic heterocycles. The average molecular weight is 177 g/mol. The zero-order chi connectivity index (χ0) is 9.56. The van der Waals surface area contributed by atoms with E-state index in [4.69, 9.17) is 14.2 Å². The summed E-state index contributed by atoms with van der Waals surface area (Å²) in [6.45, 7) is 0. The van der Waals surface area contributed by atoms with Crippen LogP contribution in [0.1, 0.15) is 6.42 Å². The number of hydrogen-bond acceptors (Lipinski definition) is 4. The van der Waals surface area contributed by atoms with E-state index < -0.39 is 0 Å². The van der Waals surface area contributed by atoms with E-state index in [1.54, 1.807) is 21.3 Å². The molecule has 74 valence electrons. The monoisotopic (exact) mass is 177 g/mol. The van der Waals surface area contributed by atoms with E-state index in [2.05, 4.69) is 0 Å². The Kier molecular flexibility index (Phi) is 6.28. The molecule has 0 aromatic carbocycles. The van der Waals surface area contributed by atoms with Crippen molar-refractivity contribution >= 4 is 0 Å². The van der Waals surface area contributed by atoms with Gasteiger partial charge in [-0.15, -0.1) is 0 Å². The Bertz CT molecular complexity index is 104. The van der Waals surface area contributed by atoms with E-state index in [1.807, 2.05) is 19.0 Å². The van der Waals surface area contributed by atoms with Crippen LogP contribution in [-0.4, -0.2) is 52.8 Å². The Balaban J connectivity index is 3.82. The van der Waals surface area contributed by atoms with Gasteiger partial charge in [-0.1, -0.05) is 0 Å². The van der Waals surface area contributed by atoms with Crippen molar-refractivity contribution in [3.63, 3.8) is 0 Å². The van der Waals surface area contributed by atoms with Crippen molar-refractivity contribution < 1.29 is 14.2 Å². The molecule has 0 spiro atoms. The van der Waals surface area contributed by atoms with Crippen LogP contribution in [0.25, 0.3) is 0 Å². The normalized spacial score (nSPS) is 14.2. The minimum atomic E-state index is -0.197. The summed E-state index contributed by atoms with van der Waals surface area (Å²) in [7, 11) is 8.83. The predicted octanol–water partition coefficient (Wildman–Crippen LogP) is 0.529. The molecule has 1 atom stereocenters. The highest BCUT2D eigenvalue weighted by molar-refractivity contribution is 4.56. The number of ether oxygens (including phenoxy) is 3. The summed E-state index contributed by atoms with van der Waals surface area (Å²) in [5, 5.41) is 0. The molecule has 0 aliphatic carbocycles. The molecule has 0 heterocycles. The highest BCUT2D eigenvalue weighted by atomic mass is 16.7. The lowest BCUT2D eigenvalue weighted by atomic mass is 10.3. The molecule has 12 heavy (non-hydrogen) atoms. The summed E-state index contributed by atoms with van der Waals surface area (Å²) in [5.74, 6) is 0. The Morgan fingerprint density at radius 1 is 1.00 bits per heavy atom. The van der Waals surface area contributed by atoms with Crippen LogP contribution in [0.5, 0.6) is 0 Å². The van der Waals surface area contributed by atoms with Crippen molar-refractivity contribution in [3.05, 3.63) is 0 Å². The van der Waals surface area contributed by atoms with Gasteiger partial charge in [-0.2, -0.15) is 0 Å². The lowest BCUT2D eigenvalue weighted by Gasteiger charge is -2.25. The van der Waals surface area contributed by atoms with Crippen LogP contribution >= 0.6 is 0 Å². The van der Waals surface area contributed by atoms with Gasteiger partial charge in [0.2, 0.25) is 0 Å². The second kappa shape index (κ2) is 6.37. The second-order valence-electron chi connectivity index (χ2n) is 2.79. The lowest BCUT2D eigenvalue weighted by molar-refractivity contribution is -0.144. The van der Waals surface area contributed by atoms with E-state index in [0.717, 1.165) is 0 Å². The maximum absolute atomic E-state index is 5.21. The predicted molar refractivity (Wildman–Crippen MR) is 46.9 cm³/mol. The standard InChI is InChI=1S/C8H19NO3/c1-9(2)7(10-3)6-8(11-4)12-5/h7-8H,6H2,1-5H3/t7-/m1/s1. The van der Waals surface area contributed by atoms with E-state index >= 15 is 0 Å². The molecule has 0 amide bonds. The Morgan fingerprint density at radius 3 is 1.75 bits per heavy atom. The topological polar surface area (TPSA) is 30.9 Å². The van der Waals surface area contributed by atoms with Crippen LogP contribution < -0.4 is 0 Å². The van der Waals surface area contributed by atoms with Crippen molar-refractivity contribution in [1.29, 1.82) is 0 Å². The highest BCUT2D eigenvalue weighted by Crippen LogP contribution is 2.07. The molecule has 0 saturated carbocycles. The van der Waals surface area contributed by atoms with Gasteiger partial charge in [0, 0.05) is 27.8 Å². The smallest absolute Gasteiger partial charge is 0.160 e. The first kappa shape index (κ1) is 11.8. The van der Waals surface area contributed by atoms with E-state index in [1.165, 1.54) is 0 Å². The maximum atomic E-state index is 5.21. The fourth-order valence-corrected chi connectivity index (χ4v) is 0.971. The number of nitrogens with zero attached hydrogens (tertiary/aromatic N) is 1. The first-order valence-corrected chi connectivity index (χ1v) is 3.90. The summed E-state index contributed by atoms with van der Waals surface area (Å²) >= 11 is 0. The zero-order valence-corrected chi connectivity index (χ0v) is 8.53. The Morgan fingerprint density at radius 2 is 1.50 bits per heavy atom. The van der Waals surface area contributed by atoms with Crippen molar-refractivity contribution in [2.45, 2.75) is 18.9 Å². The molecule has 0 aliphatic rings. The van der Waals surface area contributed by atoms with E-state index in [9.17, 15) is 0 Å². The fraction of sp³-hybridized carbons (Fsp3) is 1.00. The molecule has 0 fully saturated rings. The summed E-state index contributed by atoms with van der Waals surface area (Å²) in [5.41, 5.74) is 0.